The highest BCUT2D eigenvalue weighted by molar-refractivity contribution is 7.81. The minimum Gasteiger partial charge on any atom is -0.363 e. The van der Waals surface area contributed by atoms with Crippen molar-refractivity contribution in [1.29, 1.82) is 0 Å². The molecule has 0 aliphatic carbocycles. The van der Waals surface area contributed by atoms with Gasteiger partial charge in [0.25, 0.3) is 11.8 Å². The Morgan fingerprint density at radius 2 is 1.37 bits per heavy atom. The summed E-state index contributed by atoms with van der Waals surface area (Å²) in [5, 5.41) is 0.135. The zero-order chi connectivity index (χ0) is 27.2. The van der Waals surface area contributed by atoms with Crippen LogP contribution < -0.4 is 14.7 Å². The van der Waals surface area contributed by atoms with Gasteiger partial charge in [0.1, 0.15) is 5.57 Å². The first-order valence-electron chi connectivity index (χ1n) is 12.8. The molecule has 2 aliphatic heterocycles. The highest BCUT2D eigenvalue weighted by Crippen LogP contribution is 2.41. The lowest BCUT2D eigenvalue weighted by Gasteiger charge is -2.43. The van der Waals surface area contributed by atoms with Gasteiger partial charge in [-0.05, 0) is 106 Å². The van der Waals surface area contributed by atoms with Crippen molar-refractivity contribution in [2.45, 2.75) is 40.2 Å². The number of rotatable bonds is 4. The normalized spacial score (nSPS) is 17.0. The lowest BCUT2D eigenvalue weighted by molar-refractivity contribution is -0.120. The molecule has 0 radical (unpaired) electrons. The van der Waals surface area contributed by atoms with Crippen LogP contribution in [0.25, 0.3) is 11.6 Å². The fourth-order valence-corrected chi connectivity index (χ4v) is 5.85. The Balaban J connectivity index is 1.67. The first-order chi connectivity index (χ1) is 18.1. The molecular formula is C32H31N3O2S. The number of carbonyl (C=O) groups excluding carboxylic acids is 2. The van der Waals surface area contributed by atoms with Crippen LogP contribution in [0.1, 0.15) is 44.4 Å². The summed E-state index contributed by atoms with van der Waals surface area (Å²) in [4.78, 5) is 33.0. The molecular weight excluding hydrogens is 490 g/mol. The molecule has 2 amide bonds. The number of allylic oxidation sites excluding steroid dienone is 1. The van der Waals surface area contributed by atoms with Crippen molar-refractivity contribution >= 4 is 57.9 Å². The van der Waals surface area contributed by atoms with Crippen molar-refractivity contribution in [1.82, 2.24) is 0 Å². The Bertz CT molecular complexity index is 1440. The maximum atomic E-state index is 13.9. The van der Waals surface area contributed by atoms with Crippen molar-refractivity contribution in [2.75, 3.05) is 21.2 Å². The van der Waals surface area contributed by atoms with Crippen LogP contribution in [-0.2, 0) is 9.59 Å². The third-order valence-corrected chi connectivity index (χ3v) is 7.62. The molecule has 3 aromatic carbocycles. The molecule has 5 rings (SSSR count). The minimum absolute atomic E-state index is 0.0690. The van der Waals surface area contributed by atoms with Gasteiger partial charge in [0, 0.05) is 17.8 Å². The molecule has 0 bridgehead atoms. The van der Waals surface area contributed by atoms with Crippen LogP contribution in [-0.4, -0.2) is 29.0 Å². The summed E-state index contributed by atoms with van der Waals surface area (Å²) in [6, 6.07) is 22.7. The van der Waals surface area contributed by atoms with Crippen LogP contribution in [0.4, 0.5) is 17.1 Å². The number of amides is 2. The molecule has 2 aliphatic rings. The number of carbonyl (C=O) groups is 2. The monoisotopic (exact) mass is 521 g/mol. The second-order valence-corrected chi connectivity index (χ2v) is 10.6. The molecule has 192 valence electrons. The van der Waals surface area contributed by atoms with Gasteiger partial charge in [0.15, 0.2) is 5.11 Å². The van der Waals surface area contributed by atoms with E-state index in [9.17, 15) is 9.59 Å². The summed E-state index contributed by atoms with van der Waals surface area (Å²) in [7, 11) is 0. The summed E-state index contributed by atoms with van der Waals surface area (Å²) < 4.78 is 0. The molecule has 0 saturated carbocycles. The lowest BCUT2D eigenvalue weighted by Crippen LogP contribution is -2.56. The molecule has 3 aromatic rings. The van der Waals surface area contributed by atoms with Gasteiger partial charge in [-0.25, -0.2) is 0 Å². The predicted molar refractivity (Wildman–Crippen MR) is 160 cm³/mol. The van der Waals surface area contributed by atoms with Crippen LogP contribution in [0.15, 0.2) is 84.4 Å². The van der Waals surface area contributed by atoms with E-state index in [-0.39, 0.29) is 16.2 Å². The smallest absolute Gasteiger partial charge is 0.270 e. The number of fused-ring (bicyclic) bond motifs is 1. The largest absolute Gasteiger partial charge is 0.363 e. The lowest BCUT2D eigenvalue weighted by atomic mass is 9.86. The number of anilines is 3. The number of thiocarbonyl (C=S) groups is 1. The van der Waals surface area contributed by atoms with E-state index in [1.807, 2.05) is 67.6 Å². The summed E-state index contributed by atoms with van der Waals surface area (Å²) in [5.74, 6) is -0.863. The quantitative estimate of drug-likeness (QED) is 0.216. The molecule has 38 heavy (non-hydrogen) atoms. The number of nitrogens with zero attached hydrogens (tertiary/aromatic N) is 3. The summed E-state index contributed by atoms with van der Waals surface area (Å²) >= 11 is 5.72. The van der Waals surface area contributed by atoms with E-state index in [4.69, 9.17) is 12.2 Å². The average Bonchev–Trinajstić information content (AvgIpc) is 2.88. The molecule has 2 heterocycles. The van der Waals surface area contributed by atoms with Gasteiger partial charge in [-0.1, -0.05) is 42.5 Å². The van der Waals surface area contributed by atoms with Gasteiger partial charge in [-0.3, -0.25) is 19.4 Å². The molecule has 6 heteroatoms. The van der Waals surface area contributed by atoms with Crippen molar-refractivity contribution in [3.8, 4) is 0 Å². The zero-order valence-corrected chi connectivity index (χ0v) is 23.2. The van der Waals surface area contributed by atoms with Crippen LogP contribution in [0.3, 0.4) is 0 Å². The third kappa shape index (κ3) is 4.25. The van der Waals surface area contributed by atoms with Crippen LogP contribution in [0.5, 0.6) is 0 Å². The molecule has 1 saturated heterocycles. The van der Waals surface area contributed by atoms with E-state index >= 15 is 0 Å². The standard InChI is InChI=1S/C32H31N3O2S/c1-6-33-28-17-21(2)23(18-26(28)22(3)20-32(33,4)5)19-27-29(36)34(24-13-9-7-10-14-24)31(38)35(30(27)37)25-15-11-8-12-16-25/h7-20H,6H2,1-5H3. The van der Waals surface area contributed by atoms with Gasteiger partial charge < -0.3 is 4.90 Å². The van der Waals surface area contributed by atoms with Gasteiger partial charge in [0.05, 0.1) is 16.9 Å². The average molecular weight is 522 g/mol. The van der Waals surface area contributed by atoms with Crippen molar-refractivity contribution in [2.24, 2.45) is 0 Å². The minimum atomic E-state index is -0.431. The molecule has 5 nitrogen and oxygen atoms in total. The fourth-order valence-electron chi connectivity index (χ4n) is 5.47. The Kier molecular flexibility index (Phi) is 6.53. The summed E-state index contributed by atoms with van der Waals surface area (Å²) in [6.45, 7) is 11.6. The summed E-state index contributed by atoms with van der Waals surface area (Å²) in [5.41, 5.74) is 6.46. The number of aryl methyl sites for hydroxylation is 1. The molecule has 0 spiro atoms. The van der Waals surface area contributed by atoms with Crippen LogP contribution in [0.2, 0.25) is 0 Å². The van der Waals surface area contributed by atoms with Gasteiger partial charge in [-0.2, -0.15) is 0 Å². The first-order valence-corrected chi connectivity index (χ1v) is 13.2. The van der Waals surface area contributed by atoms with Crippen molar-refractivity contribution in [3.63, 3.8) is 0 Å². The second kappa shape index (κ2) is 9.69. The maximum absolute atomic E-state index is 13.9. The van der Waals surface area contributed by atoms with Crippen molar-refractivity contribution < 1.29 is 9.59 Å². The Hall–Kier alpha value is -4.03. The van der Waals surface area contributed by atoms with Gasteiger partial charge >= 0.3 is 0 Å². The van der Waals surface area contributed by atoms with Gasteiger partial charge in [-0.15, -0.1) is 0 Å². The predicted octanol–water partition coefficient (Wildman–Crippen LogP) is 6.77. The zero-order valence-electron chi connectivity index (χ0n) is 22.4. The fraction of sp³-hybridized carbons (Fsp3) is 0.219. The Morgan fingerprint density at radius 3 is 1.87 bits per heavy atom. The Labute approximate surface area is 229 Å². The highest BCUT2D eigenvalue weighted by atomic mass is 32.1. The van der Waals surface area contributed by atoms with Crippen molar-refractivity contribution in [3.05, 3.63) is 101 Å². The Morgan fingerprint density at radius 1 is 0.842 bits per heavy atom. The highest BCUT2D eigenvalue weighted by Gasteiger charge is 2.41. The van der Waals surface area contributed by atoms with E-state index in [0.29, 0.717) is 11.4 Å². The SMILES string of the molecule is CCN1c2cc(C)c(C=C3C(=O)N(c4ccccc4)C(=S)N(c4ccccc4)C3=O)cc2C(C)=CC1(C)C. The number of benzene rings is 3. The van der Waals surface area contributed by atoms with Crippen LogP contribution in [0, 0.1) is 6.92 Å². The second-order valence-electron chi connectivity index (χ2n) is 10.2. The number of hydrogen-bond donors (Lipinski definition) is 0. The number of para-hydroxylation sites is 2. The van der Waals surface area contributed by atoms with E-state index in [0.717, 1.165) is 28.9 Å². The topological polar surface area (TPSA) is 43.9 Å². The van der Waals surface area contributed by atoms with Crippen LogP contribution >= 0.6 is 12.2 Å². The van der Waals surface area contributed by atoms with E-state index < -0.39 is 11.8 Å². The van der Waals surface area contributed by atoms with Gasteiger partial charge in [0.2, 0.25) is 0 Å². The molecule has 0 atom stereocenters. The van der Waals surface area contributed by atoms with E-state index in [2.05, 4.69) is 50.8 Å². The maximum Gasteiger partial charge on any atom is 0.270 e. The number of likely N-dealkylation sites (N-methyl/N-ethyl adjacent to an activating group) is 1. The molecule has 0 unspecified atom stereocenters. The molecule has 0 N–H and O–H groups in total. The molecule has 1 fully saturated rings. The third-order valence-electron chi connectivity index (χ3n) is 7.26. The van der Waals surface area contributed by atoms with E-state index in [1.165, 1.54) is 15.4 Å². The first kappa shape index (κ1) is 25.6. The van der Waals surface area contributed by atoms with E-state index in [1.54, 1.807) is 6.08 Å². The summed E-state index contributed by atoms with van der Waals surface area (Å²) in [6.07, 6.45) is 3.99. The molecule has 0 aromatic heterocycles. The number of hydrogen-bond acceptors (Lipinski definition) is 4.